The summed E-state index contributed by atoms with van der Waals surface area (Å²) in [6.45, 7) is 0. The first-order valence-electron chi connectivity index (χ1n) is 6.70. The lowest BCUT2D eigenvalue weighted by molar-refractivity contribution is -0.384. The van der Waals surface area contributed by atoms with Crippen molar-refractivity contribution in [1.29, 1.82) is 0 Å². The van der Waals surface area contributed by atoms with Crippen molar-refractivity contribution < 1.29 is 14.5 Å². The molecule has 2 heterocycles. The van der Waals surface area contributed by atoms with E-state index in [1.807, 2.05) is 0 Å². The molecule has 3 rings (SSSR count). The lowest BCUT2D eigenvalue weighted by Gasteiger charge is -2.07. The Balaban J connectivity index is 1.96. The Bertz CT molecular complexity index is 835. The van der Waals surface area contributed by atoms with Crippen molar-refractivity contribution in [2.75, 3.05) is 7.05 Å². The third-order valence-corrected chi connectivity index (χ3v) is 3.49. The summed E-state index contributed by atoms with van der Waals surface area (Å²) < 4.78 is 1.76. The number of hydrogen-bond donors (Lipinski definition) is 1. The van der Waals surface area contributed by atoms with E-state index in [1.165, 1.54) is 19.2 Å². The van der Waals surface area contributed by atoms with E-state index in [-0.39, 0.29) is 11.4 Å². The molecule has 0 saturated carbocycles. The van der Waals surface area contributed by atoms with Crippen molar-refractivity contribution in [3.8, 4) is 5.69 Å². The van der Waals surface area contributed by atoms with E-state index in [1.54, 1.807) is 41.1 Å². The Morgan fingerprint density at radius 2 is 1.87 bits per heavy atom. The van der Waals surface area contributed by atoms with Crippen LogP contribution in [0.1, 0.15) is 5.69 Å². The number of nitro benzene ring substituents is 1. The fourth-order valence-electron chi connectivity index (χ4n) is 2.25. The summed E-state index contributed by atoms with van der Waals surface area (Å²) in [4.78, 5) is 34.6. The largest absolute Gasteiger partial charge is 0.328 e. The monoisotopic (exact) mass is 312 g/mol. The number of nitrogens with zero attached hydrogens (tertiary/aromatic N) is 3. The van der Waals surface area contributed by atoms with E-state index in [0.29, 0.717) is 11.4 Å². The van der Waals surface area contributed by atoms with E-state index >= 15 is 0 Å². The van der Waals surface area contributed by atoms with Crippen molar-refractivity contribution in [1.82, 2.24) is 14.8 Å². The molecule has 23 heavy (non-hydrogen) atoms. The standard InChI is InChI=1S/C15H12N4O4/c1-17-14(20)13(16-15(17)21)9-12-3-2-8-18(12)10-4-6-11(7-5-10)19(22)23/h2-9H,1H3,(H,16,21)/b13-9+. The Kier molecular flexibility index (Phi) is 3.41. The number of carbonyl (C=O) groups is 2. The Hall–Kier alpha value is -3.42. The minimum atomic E-state index is -0.477. The zero-order chi connectivity index (χ0) is 16.6. The van der Waals surface area contributed by atoms with Crippen LogP contribution in [0.15, 0.2) is 48.3 Å². The van der Waals surface area contributed by atoms with Crippen molar-refractivity contribution in [3.63, 3.8) is 0 Å². The van der Waals surface area contributed by atoms with Gasteiger partial charge in [-0.05, 0) is 30.3 Å². The van der Waals surface area contributed by atoms with E-state index < -0.39 is 16.9 Å². The molecule has 1 aromatic heterocycles. The van der Waals surface area contributed by atoms with Gasteiger partial charge in [-0.1, -0.05) is 0 Å². The minimum Gasteiger partial charge on any atom is -0.317 e. The van der Waals surface area contributed by atoms with Gasteiger partial charge in [0.2, 0.25) is 0 Å². The number of non-ortho nitro benzene ring substituents is 1. The maximum Gasteiger partial charge on any atom is 0.328 e. The lowest BCUT2D eigenvalue weighted by atomic mass is 10.2. The lowest BCUT2D eigenvalue weighted by Crippen LogP contribution is -2.25. The molecule has 8 heteroatoms. The Morgan fingerprint density at radius 1 is 1.17 bits per heavy atom. The number of nitro groups is 1. The van der Waals surface area contributed by atoms with Gasteiger partial charge in [-0.3, -0.25) is 19.8 Å². The fourth-order valence-corrected chi connectivity index (χ4v) is 2.25. The topological polar surface area (TPSA) is 97.5 Å². The van der Waals surface area contributed by atoms with Gasteiger partial charge in [-0.25, -0.2) is 4.79 Å². The van der Waals surface area contributed by atoms with E-state index in [2.05, 4.69) is 5.32 Å². The van der Waals surface area contributed by atoms with Crippen LogP contribution in [0, 0.1) is 10.1 Å². The molecule has 1 aromatic carbocycles. The quantitative estimate of drug-likeness (QED) is 0.405. The molecule has 1 saturated heterocycles. The van der Waals surface area contributed by atoms with Gasteiger partial charge >= 0.3 is 6.03 Å². The van der Waals surface area contributed by atoms with Gasteiger partial charge in [0.05, 0.1) is 4.92 Å². The van der Waals surface area contributed by atoms with Gasteiger partial charge in [0.25, 0.3) is 11.6 Å². The molecule has 1 aliphatic rings. The SMILES string of the molecule is CN1C(=O)N/C(=C/c2cccn2-c2ccc([N+](=O)[O-])cc2)C1=O. The molecule has 0 spiro atoms. The van der Waals surface area contributed by atoms with Gasteiger partial charge < -0.3 is 9.88 Å². The second kappa shape index (κ2) is 5.41. The van der Waals surface area contributed by atoms with Crippen molar-refractivity contribution in [2.45, 2.75) is 0 Å². The van der Waals surface area contributed by atoms with Crippen LogP contribution in [-0.2, 0) is 4.79 Å². The van der Waals surface area contributed by atoms with Crippen molar-refractivity contribution >= 4 is 23.7 Å². The van der Waals surface area contributed by atoms with E-state index in [0.717, 1.165) is 4.90 Å². The number of rotatable bonds is 3. The zero-order valence-corrected chi connectivity index (χ0v) is 12.1. The number of aromatic nitrogens is 1. The average Bonchev–Trinajstić information content (AvgIpc) is 3.09. The summed E-state index contributed by atoms with van der Waals surface area (Å²) >= 11 is 0. The van der Waals surface area contributed by atoms with Gasteiger partial charge in [-0.15, -0.1) is 0 Å². The summed E-state index contributed by atoms with van der Waals surface area (Å²) in [5.74, 6) is -0.411. The molecular formula is C15H12N4O4. The van der Waals surface area contributed by atoms with Crippen LogP contribution in [0.25, 0.3) is 11.8 Å². The number of benzene rings is 1. The summed E-state index contributed by atoms with van der Waals surface area (Å²) in [5, 5.41) is 13.2. The highest BCUT2D eigenvalue weighted by Crippen LogP contribution is 2.20. The molecule has 0 bridgehead atoms. The summed E-state index contributed by atoms with van der Waals surface area (Å²) in [7, 11) is 1.40. The highest BCUT2D eigenvalue weighted by molar-refractivity contribution is 6.13. The van der Waals surface area contributed by atoms with Crippen LogP contribution in [0.2, 0.25) is 0 Å². The van der Waals surface area contributed by atoms with Crippen LogP contribution >= 0.6 is 0 Å². The molecule has 0 atom stereocenters. The average molecular weight is 312 g/mol. The second-order valence-corrected chi connectivity index (χ2v) is 4.93. The smallest absolute Gasteiger partial charge is 0.317 e. The van der Waals surface area contributed by atoms with Gasteiger partial charge in [0.15, 0.2) is 0 Å². The highest BCUT2D eigenvalue weighted by Gasteiger charge is 2.30. The first kappa shape index (κ1) is 14.5. The molecule has 116 valence electrons. The number of nitrogens with one attached hydrogen (secondary N) is 1. The second-order valence-electron chi connectivity index (χ2n) is 4.93. The Morgan fingerprint density at radius 3 is 2.43 bits per heavy atom. The molecule has 8 nitrogen and oxygen atoms in total. The van der Waals surface area contributed by atoms with Crippen LogP contribution < -0.4 is 5.32 Å². The molecule has 0 radical (unpaired) electrons. The molecule has 3 amide bonds. The van der Waals surface area contributed by atoms with Crippen LogP contribution in [-0.4, -0.2) is 33.4 Å². The third kappa shape index (κ3) is 2.57. The number of amides is 3. The number of carbonyl (C=O) groups excluding carboxylic acids is 2. The van der Waals surface area contributed by atoms with E-state index in [4.69, 9.17) is 0 Å². The maximum absolute atomic E-state index is 11.9. The fraction of sp³-hybridized carbons (Fsp3) is 0.0667. The predicted octanol–water partition coefficient (Wildman–Crippen LogP) is 1.91. The first-order chi connectivity index (χ1) is 11.0. The molecule has 1 N–H and O–H groups in total. The van der Waals surface area contributed by atoms with Crippen LogP contribution in [0.3, 0.4) is 0 Å². The molecule has 0 aliphatic carbocycles. The van der Waals surface area contributed by atoms with Gasteiger partial charge in [-0.2, -0.15) is 0 Å². The molecule has 2 aromatic rings. The van der Waals surface area contributed by atoms with Gasteiger partial charge in [0, 0.05) is 36.8 Å². The normalized spacial score (nSPS) is 16.0. The molecule has 0 unspecified atom stereocenters. The minimum absolute atomic E-state index is 0.000620. The summed E-state index contributed by atoms with van der Waals surface area (Å²) in [5.41, 5.74) is 1.55. The van der Waals surface area contributed by atoms with Crippen LogP contribution in [0.4, 0.5) is 10.5 Å². The predicted molar refractivity (Wildman–Crippen MR) is 81.7 cm³/mol. The highest BCUT2D eigenvalue weighted by atomic mass is 16.6. The summed E-state index contributed by atoms with van der Waals surface area (Å²) in [6.07, 6.45) is 3.32. The first-order valence-corrected chi connectivity index (χ1v) is 6.70. The van der Waals surface area contributed by atoms with Crippen molar-refractivity contribution in [3.05, 3.63) is 64.1 Å². The van der Waals surface area contributed by atoms with Crippen molar-refractivity contribution in [2.24, 2.45) is 0 Å². The molecule has 1 aliphatic heterocycles. The number of urea groups is 1. The molecule has 1 fully saturated rings. The third-order valence-electron chi connectivity index (χ3n) is 3.49. The maximum atomic E-state index is 11.9. The zero-order valence-electron chi connectivity index (χ0n) is 12.1. The number of hydrogen-bond acceptors (Lipinski definition) is 4. The van der Waals surface area contributed by atoms with Gasteiger partial charge in [0.1, 0.15) is 5.70 Å². The Labute approximate surface area is 130 Å². The van der Waals surface area contributed by atoms with Crippen LogP contribution in [0.5, 0.6) is 0 Å². The summed E-state index contributed by atoms with van der Waals surface area (Å²) in [6, 6.07) is 9.10. The molecular weight excluding hydrogens is 300 g/mol. The number of imide groups is 1. The van der Waals surface area contributed by atoms with E-state index in [9.17, 15) is 19.7 Å². The number of likely N-dealkylation sites (N-methyl/N-ethyl adjacent to an activating group) is 1.